The molecule has 0 radical (unpaired) electrons. The van der Waals surface area contributed by atoms with E-state index in [1.165, 1.54) is 7.11 Å². The van der Waals surface area contributed by atoms with Gasteiger partial charge in [0.15, 0.2) is 0 Å². The van der Waals surface area contributed by atoms with E-state index in [1.807, 2.05) is 0 Å². The van der Waals surface area contributed by atoms with E-state index in [0.29, 0.717) is 11.3 Å². The second-order valence-corrected chi connectivity index (χ2v) is 3.84. The largest absolute Gasteiger partial charge is 0.497 e. The van der Waals surface area contributed by atoms with E-state index >= 15 is 0 Å². The average Bonchev–Trinajstić information content (AvgIpc) is 2.72. The van der Waals surface area contributed by atoms with Gasteiger partial charge in [0.2, 0.25) is 0 Å². The molecule has 1 aliphatic rings. The number of benzene rings is 1. The van der Waals surface area contributed by atoms with Crippen LogP contribution < -0.4 is 4.74 Å². The topological polar surface area (TPSA) is 72.8 Å². The highest BCUT2D eigenvalue weighted by Gasteiger charge is 2.40. The van der Waals surface area contributed by atoms with Gasteiger partial charge in [-0.2, -0.15) is 0 Å². The summed E-state index contributed by atoms with van der Waals surface area (Å²) in [7, 11) is 1.52. The lowest BCUT2D eigenvalue weighted by molar-refractivity contribution is -0.144. The predicted octanol–water partition coefficient (Wildman–Crippen LogP) is 1.38. The number of carbonyl (C=O) groups excluding carboxylic acids is 1. The maximum Gasteiger partial charge on any atom is 0.311 e. The van der Waals surface area contributed by atoms with Crippen LogP contribution in [0.25, 0.3) is 0 Å². The molecular weight excluding hydrogens is 224 g/mol. The van der Waals surface area contributed by atoms with Crippen molar-refractivity contribution in [2.24, 2.45) is 5.92 Å². The number of rotatable bonds is 3. The van der Waals surface area contributed by atoms with Crippen molar-refractivity contribution in [2.45, 2.75) is 12.5 Å². The lowest BCUT2D eigenvalue weighted by Crippen LogP contribution is -2.17. The quantitative estimate of drug-likeness (QED) is 0.803. The van der Waals surface area contributed by atoms with Crippen LogP contribution in [0, 0.1) is 5.92 Å². The van der Waals surface area contributed by atoms with Crippen molar-refractivity contribution in [3.63, 3.8) is 0 Å². The number of cyclic esters (lactones) is 1. The summed E-state index contributed by atoms with van der Waals surface area (Å²) in [4.78, 5) is 22.2. The minimum absolute atomic E-state index is 0.0861. The fourth-order valence-electron chi connectivity index (χ4n) is 1.89. The Bertz CT molecular complexity index is 454. The molecule has 5 heteroatoms. The summed E-state index contributed by atoms with van der Waals surface area (Å²) in [5.74, 6) is -1.72. The Hall–Kier alpha value is -2.04. The number of aliphatic carboxylic acids is 1. The van der Waals surface area contributed by atoms with Gasteiger partial charge in [-0.25, -0.2) is 0 Å². The van der Waals surface area contributed by atoms with Crippen molar-refractivity contribution < 1.29 is 24.2 Å². The van der Waals surface area contributed by atoms with Crippen LogP contribution in [0.4, 0.5) is 0 Å². The molecule has 1 saturated heterocycles. The predicted molar refractivity (Wildman–Crippen MR) is 57.6 cm³/mol. The lowest BCUT2D eigenvalue weighted by atomic mass is 9.95. The maximum absolute atomic E-state index is 11.2. The van der Waals surface area contributed by atoms with Gasteiger partial charge in [0.25, 0.3) is 0 Å². The van der Waals surface area contributed by atoms with E-state index in [-0.39, 0.29) is 6.42 Å². The third kappa shape index (κ3) is 2.22. The van der Waals surface area contributed by atoms with Gasteiger partial charge in [-0.15, -0.1) is 0 Å². The Balaban J connectivity index is 2.31. The van der Waals surface area contributed by atoms with Gasteiger partial charge in [-0.05, 0) is 17.7 Å². The molecule has 1 aliphatic heterocycles. The molecule has 0 spiro atoms. The molecule has 1 N–H and O–H groups in total. The van der Waals surface area contributed by atoms with Crippen LogP contribution in [0.3, 0.4) is 0 Å². The summed E-state index contributed by atoms with van der Waals surface area (Å²) in [6, 6.07) is 6.89. The van der Waals surface area contributed by atoms with E-state index in [0.717, 1.165) is 0 Å². The van der Waals surface area contributed by atoms with Gasteiger partial charge in [0, 0.05) is 0 Å². The Morgan fingerprint density at radius 3 is 2.94 bits per heavy atom. The third-order valence-corrected chi connectivity index (χ3v) is 2.75. The van der Waals surface area contributed by atoms with Gasteiger partial charge in [-0.3, -0.25) is 9.59 Å². The Kier molecular flexibility index (Phi) is 2.99. The summed E-state index contributed by atoms with van der Waals surface area (Å²) in [6.07, 6.45) is -0.813. The summed E-state index contributed by atoms with van der Waals surface area (Å²) < 4.78 is 10.1. The molecule has 1 aromatic rings. The molecular formula is C12H12O5. The summed E-state index contributed by atoms with van der Waals surface area (Å²) >= 11 is 0. The number of ether oxygens (including phenoxy) is 2. The third-order valence-electron chi connectivity index (χ3n) is 2.75. The number of hydrogen-bond acceptors (Lipinski definition) is 4. The molecule has 2 rings (SSSR count). The molecule has 17 heavy (non-hydrogen) atoms. The first-order valence-corrected chi connectivity index (χ1v) is 5.18. The number of carboxylic acids is 1. The molecule has 5 nitrogen and oxygen atoms in total. The molecule has 0 aliphatic carbocycles. The van der Waals surface area contributed by atoms with Crippen molar-refractivity contribution in [1.82, 2.24) is 0 Å². The molecule has 0 aromatic heterocycles. The first kappa shape index (κ1) is 11.4. The minimum atomic E-state index is -1.02. The van der Waals surface area contributed by atoms with Crippen molar-refractivity contribution in [3.8, 4) is 5.75 Å². The number of carboxylic acid groups (broad SMARTS) is 1. The standard InChI is InChI=1S/C12H12O5/c1-16-8-4-2-3-7(5-8)11-9(12(14)15)6-10(13)17-11/h2-5,9,11H,6H2,1H3,(H,14,15)/t9-,11-/m1/s1. The highest BCUT2D eigenvalue weighted by Crippen LogP contribution is 2.36. The summed E-state index contributed by atoms with van der Waals surface area (Å²) in [6.45, 7) is 0. The average molecular weight is 236 g/mol. The highest BCUT2D eigenvalue weighted by molar-refractivity contribution is 5.82. The fraction of sp³-hybridized carbons (Fsp3) is 0.333. The number of hydrogen-bond donors (Lipinski definition) is 1. The van der Waals surface area contributed by atoms with Crippen LogP contribution in [0.15, 0.2) is 24.3 Å². The van der Waals surface area contributed by atoms with Gasteiger partial charge in [0.1, 0.15) is 17.8 Å². The van der Waals surface area contributed by atoms with Crippen LogP contribution in [0.5, 0.6) is 5.75 Å². The van der Waals surface area contributed by atoms with Crippen LogP contribution in [0.1, 0.15) is 18.1 Å². The van der Waals surface area contributed by atoms with Crippen LogP contribution in [-0.2, 0) is 14.3 Å². The van der Waals surface area contributed by atoms with Crippen LogP contribution in [0.2, 0.25) is 0 Å². The van der Waals surface area contributed by atoms with Crippen LogP contribution >= 0.6 is 0 Å². The summed E-state index contributed by atoms with van der Waals surface area (Å²) in [5, 5.41) is 9.03. The molecule has 90 valence electrons. The Morgan fingerprint density at radius 2 is 2.29 bits per heavy atom. The Labute approximate surface area is 98.0 Å². The van der Waals surface area contributed by atoms with Gasteiger partial charge < -0.3 is 14.6 Å². The molecule has 2 atom stereocenters. The zero-order valence-corrected chi connectivity index (χ0v) is 9.25. The highest BCUT2D eigenvalue weighted by atomic mass is 16.6. The van der Waals surface area contributed by atoms with Crippen molar-refractivity contribution >= 4 is 11.9 Å². The van der Waals surface area contributed by atoms with Crippen molar-refractivity contribution in [2.75, 3.05) is 7.11 Å². The molecule has 0 unspecified atom stereocenters. The molecule has 0 amide bonds. The number of esters is 1. The van der Waals surface area contributed by atoms with E-state index in [9.17, 15) is 9.59 Å². The smallest absolute Gasteiger partial charge is 0.311 e. The maximum atomic E-state index is 11.2. The molecule has 0 bridgehead atoms. The SMILES string of the molecule is COc1cccc([C@H]2OC(=O)C[C@H]2C(=O)O)c1. The van der Waals surface area contributed by atoms with Crippen LogP contribution in [-0.4, -0.2) is 24.2 Å². The van der Waals surface area contributed by atoms with E-state index in [1.54, 1.807) is 24.3 Å². The van der Waals surface area contributed by atoms with E-state index in [2.05, 4.69) is 0 Å². The second-order valence-electron chi connectivity index (χ2n) is 3.84. The van der Waals surface area contributed by atoms with Crippen molar-refractivity contribution in [1.29, 1.82) is 0 Å². The van der Waals surface area contributed by atoms with Gasteiger partial charge >= 0.3 is 11.9 Å². The first-order valence-electron chi connectivity index (χ1n) is 5.18. The van der Waals surface area contributed by atoms with Crippen molar-refractivity contribution in [3.05, 3.63) is 29.8 Å². The Morgan fingerprint density at radius 1 is 1.53 bits per heavy atom. The van der Waals surface area contributed by atoms with E-state index < -0.39 is 24.0 Å². The first-order chi connectivity index (χ1) is 8.11. The van der Waals surface area contributed by atoms with Gasteiger partial charge in [-0.1, -0.05) is 12.1 Å². The van der Waals surface area contributed by atoms with E-state index in [4.69, 9.17) is 14.6 Å². The molecule has 1 heterocycles. The monoisotopic (exact) mass is 236 g/mol. The minimum Gasteiger partial charge on any atom is -0.497 e. The normalized spacial score (nSPS) is 23.2. The number of carbonyl (C=O) groups is 2. The fourth-order valence-corrected chi connectivity index (χ4v) is 1.89. The lowest BCUT2D eigenvalue weighted by Gasteiger charge is -2.15. The zero-order valence-electron chi connectivity index (χ0n) is 9.25. The molecule has 0 saturated carbocycles. The summed E-state index contributed by atoms with van der Waals surface area (Å²) in [5.41, 5.74) is 0.641. The molecule has 1 aromatic carbocycles. The van der Waals surface area contributed by atoms with Gasteiger partial charge in [0.05, 0.1) is 13.5 Å². The zero-order chi connectivity index (χ0) is 12.4. The number of methoxy groups -OCH3 is 1. The second kappa shape index (κ2) is 4.45. The molecule has 1 fully saturated rings.